The van der Waals surface area contributed by atoms with E-state index in [9.17, 15) is 8.42 Å². The summed E-state index contributed by atoms with van der Waals surface area (Å²) in [6.45, 7) is 6.36. The first-order valence-electron chi connectivity index (χ1n) is 7.98. The van der Waals surface area contributed by atoms with Gasteiger partial charge in [-0.25, -0.2) is 8.42 Å². The van der Waals surface area contributed by atoms with Crippen LogP contribution in [0.5, 0.6) is 0 Å². The van der Waals surface area contributed by atoms with Crippen LogP contribution in [0.3, 0.4) is 0 Å². The first kappa shape index (κ1) is 16.2. The predicted molar refractivity (Wildman–Crippen MR) is 87.7 cm³/mol. The van der Waals surface area contributed by atoms with Crippen molar-refractivity contribution in [3.8, 4) is 0 Å². The zero-order valence-electron chi connectivity index (χ0n) is 13.7. The fraction of sp³-hybridized carbons (Fsp3) is 0.471. The molecule has 1 fully saturated rings. The van der Waals surface area contributed by atoms with Crippen molar-refractivity contribution in [2.45, 2.75) is 51.0 Å². The summed E-state index contributed by atoms with van der Waals surface area (Å²) in [5.41, 5.74) is 2.78. The third-order valence-corrected chi connectivity index (χ3v) is 6.39. The van der Waals surface area contributed by atoms with Gasteiger partial charge < -0.3 is 4.52 Å². The molecule has 2 heterocycles. The van der Waals surface area contributed by atoms with Crippen LogP contribution in [0.2, 0.25) is 0 Å². The third kappa shape index (κ3) is 2.81. The van der Waals surface area contributed by atoms with E-state index < -0.39 is 10.0 Å². The molecule has 1 saturated heterocycles. The van der Waals surface area contributed by atoms with Gasteiger partial charge in [-0.3, -0.25) is 0 Å². The molecule has 6 heteroatoms. The molecule has 1 aliphatic rings. The van der Waals surface area contributed by atoms with E-state index in [1.54, 1.807) is 16.4 Å². The fourth-order valence-corrected chi connectivity index (χ4v) is 4.93. The highest BCUT2D eigenvalue weighted by Gasteiger charge is 2.39. The van der Waals surface area contributed by atoms with Crippen LogP contribution in [-0.2, 0) is 16.4 Å². The van der Waals surface area contributed by atoms with E-state index in [-0.39, 0.29) is 6.04 Å². The molecule has 1 aromatic heterocycles. The first-order chi connectivity index (χ1) is 10.9. The van der Waals surface area contributed by atoms with Crippen molar-refractivity contribution in [3.05, 3.63) is 46.8 Å². The molecule has 1 aliphatic heterocycles. The summed E-state index contributed by atoms with van der Waals surface area (Å²) in [5, 5.41) is 4.04. The summed E-state index contributed by atoms with van der Waals surface area (Å²) in [5.74, 6) is 0.790. The maximum absolute atomic E-state index is 13.0. The number of benzene rings is 1. The van der Waals surface area contributed by atoms with Crippen LogP contribution >= 0.6 is 0 Å². The highest BCUT2D eigenvalue weighted by molar-refractivity contribution is 7.89. The molecule has 1 atom stereocenters. The van der Waals surface area contributed by atoms with Gasteiger partial charge in [-0.05, 0) is 38.8 Å². The van der Waals surface area contributed by atoms with Crippen molar-refractivity contribution < 1.29 is 12.9 Å². The van der Waals surface area contributed by atoms with Crippen LogP contribution < -0.4 is 0 Å². The molecule has 0 amide bonds. The molecule has 1 aromatic carbocycles. The van der Waals surface area contributed by atoms with Crippen molar-refractivity contribution in [2.75, 3.05) is 6.54 Å². The molecule has 124 valence electrons. The number of rotatable bonds is 4. The maximum Gasteiger partial charge on any atom is 0.243 e. The van der Waals surface area contributed by atoms with E-state index in [0.29, 0.717) is 17.9 Å². The Hall–Kier alpha value is -1.66. The minimum Gasteiger partial charge on any atom is -0.361 e. The molecule has 0 aliphatic carbocycles. The molecule has 2 aromatic rings. The molecule has 0 bridgehead atoms. The van der Waals surface area contributed by atoms with Gasteiger partial charge in [0.05, 0.1) is 16.6 Å². The first-order valence-corrected chi connectivity index (χ1v) is 9.42. The summed E-state index contributed by atoms with van der Waals surface area (Å²) in [4.78, 5) is 0.349. The maximum atomic E-state index is 13.0. The number of hydrogen-bond donors (Lipinski definition) is 0. The largest absolute Gasteiger partial charge is 0.361 e. The minimum atomic E-state index is -3.51. The van der Waals surface area contributed by atoms with Gasteiger partial charge in [-0.15, -0.1) is 0 Å². The van der Waals surface area contributed by atoms with Gasteiger partial charge >= 0.3 is 0 Å². The Morgan fingerprint density at radius 3 is 2.61 bits per heavy atom. The molecular weight excluding hydrogens is 312 g/mol. The van der Waals surface area contributed by atoms with Gasteiger partial charge in [-0.2, -0.15) is 4.31 Å². The summed E-state index contributed by atoms with van der Waals surface area (Å²) in [6.07, 6.45) is 2.37. The van der Waals surface area contributed by atoms with E-state index in [1.165, 1.54) is 0 Å². The summed E-state index contributed by atoms with van der Waals surface area (Å²) in [7, 11) is -3.51. The van der Waals surface area contributed by atoms with Crippen molar-refractivity contribution in [1.29, 1.82) is 0 Å². The minimum absolute atomic E-state index is 0.178. The molecule has 0 saturated carbocycles. The van der Waals surface area contributed by atoms with E-state index >= 15 is 0 Å². The number of aromatic nitrogens is 1. The smallest absolute Gasteiger partial charge is 0.243 e. The lowest BCUT2D eigenvalue weighted by molar-refractivity contribution is 0.368. The zero-order valence-corrected chi connectivity index (χ0v) is 14.6. The molecular formula is C17H22N2O3S. The number of nitrogens with zero attached hydrogens (tertiary/aromatic N) is 2. The Kier molecular flexibility index (Phi) is 4.29. The van der Waals surface area contributed by atoms with Crippen LogP contribution in [0, 0.1) is 13.8 Å². The average molecular weight is 334 g/mol. The Bertz CT molecular complexity index is 794. The Labute approximate surface area is 137 Å². The lowest BCUT2D eigenvalue weighted by Gasteiger charge is -2.24. The van der Waals surface area contributed by atoms with Gasteiger partial charge in [0.2, 0.25) is 10.0 Å². The number of hydrogen-bond acceptors (Lipinski definition) is 4. The van der Waals surface area contributed by atoms with E-state index in [2.05, 4.69) is 5.16 Å². The molecule has 0 unspecified atom stereocenters. The molecule has 23 heavy (non-hydrogen) atoms. The summed E-state index contributed by atoms with van der Waals surface area (Å²) >= 11 is 0. The second-order valence-electron chi connectivity index (χ2n) is 6.05. The third-order valence-electron chi connectivity index (χ3n) is 4.47. The van der Waals surface area contributed by atoms with Crippen molar-refractivity contribution in [3.63, 3.8) is 0 Å². The topological polar surface area (TPSA) is 63.4 Å². The highest BCUT2D eigenvalue weighted by Crippen LogP contribution is 2.39. The SMILES string of the molecule is CCc1onc(C)c1[C@@H]1CCCN1S(=O)(=O)c1ccc(C)cc1. The van der Waals surface area contributed by atoms with E-state index in [4.69, 9.17) is 4.52 Å². The predicted octanol–water partition coefficient (Wildman–Crippen LogP) is 3.38. The lowest BCUT2D eigenvalue weighted by Crippen LogP contribution is -2.31. The van der Waals surface area contributed by atoms with Crippen LogP contribution in [0.25, 0.3) is 0 Å². The van der Waals surface area contributed by atoms with E-state index in [0.717, 1.165) is 35.4 Å². The van der Waals surface area contributed by atoms with Gasteiger partial charge in [-0.1, -0.05) is 29.8 Å². The highest BCUT2D eigenvalue weighted by atomic mass is 32.2. The molecule has 0 N–H and O–H groups in total. The van der Waals surface area contributed by atoms with Gasteiger partial charge in [0.1, 0.15) is 5.76 Å². The van der Waals surface area contributed by atoms with Crippen molar-refractivity contribution in [1.82, 2.24) is 9.46 Å². The van der Waals surface area contributed by atoms with Gasteiger partial charge in [0.15, 0.2) is 0 Å². The second kappa shape index (κ2) is 6.09. The van der Waals surface area contributed by atoms with E-state index in [1.807, 2.05) is 32.9 Å². The Balaban J connectivity index is 2.01. The van der Waals surface area contributed by atoms with Gasteiger partial charge in [0.25, 0.3) is 0 Å². The lowest BCUT2D eigenvalue weighted by atomic mass is 10.0. The van der Waals surface area contributed by atoms with Crippen molar-refractivity contribution in [2.24, 2.45) is 0 Å². The average Bonchev–Trinajstić information content (AvgIpc) is 3.13. The normalized spacial score (nSPS) is 19.3. The fourth-order valence-electron chi connectivity index (χ4n) is 3.27. The Morgan fingerprint density at radius 1 is 1.26 bits per heavy atom. The zero-order chi connectivity index (χ0) is 16.6. The molecule has 5 nitrogen and oxygen atoms in total. The van der Waals surface area contributed by atoms with Crippen LogP contribution in [-0.4, -0.2) is 24.4 Å². The van der Waals surface area contributed by atoms with Gasteiger partial charge in [0, 0.05) is 18.5 Å². The number of sulfonamides is 1. The summed E-state index contributed by atoms with van der Waals surface area (Å²) < 4.78 is 33.0. The molecule has 0 spiro atoms. The standard InChI is InChI=1S/C17H22N2O3S/c1-4-16-17(13(3)18-22-16)15-6-5-11-19(15)23(20,21)14-9-7-12(2)8-10-14/h7-10,15H,4-6,11H2,1-3H3/t15-/m0/s1. The summed E-state index contributed by atoms with van der Waals surface area (Å²) in [6, 6.07) is 6.85. The van der Waals surface area contributed by atoms with Crippen LogP contribution in [0.1, 0.15) is 48.4 Å². The van der Waals surface area contributed by atoms with Crippen LogP contribution in [0.4, 0.5) is 0 Å². The quantitative estimate of drug-likeness (QED) is 0.860. The van der Waals surface area contributed by atoms with Crippen LogP contribution in [0.15, 0.2) is 33.7 Å². The monoisotopic (exact) mass is 334 g/mol. The number of aryl methyl sites for hydroxylation is 3. The molecule has 3 rings (SSSR count). The molecule has 0 radical (unpaired) electrons. The van der Waals surface area contributed by atoms with Crippen molar-refractivity contribution >= 4 is 10.0 Å². The second-order valence-corrected chi connectivity index (χ2v) is 7.94. The Morgan fingerprint density at radius 2 is 1.96 bits per heavy atom.